The molecule has 1 heteroatoms. The number of pyridine rings is 1. The Kier molecular flexibility index (Phi) is 4.63. The molecule has 0 saturated carbocycles. The van der Waals surface area contributed by atoms with Crippen LogP contribution in [0.5, 0.6) is 0 Å². The van der Waals surface area contributed by atoms with Crippen molar-refractivity contribution in [2.75, 3.05) is 0 Å². The molecule has 0 aliphatic heterocycles. The third kappa shape index (κ3) is 3.11. The summed E-state index contributed by atoms with van der Waals surface area (Å²) in [4.78, 5) is 4.66. The average Bonchev–Trinajstić information content (AvgIpc) is 3.22. The molecule has 0 bridgehead atoms. The lowest BCUT2D eigenvalue weighted by Crippen LogP contribution is -2.14. The minimum atomic E-state index is -0.0448. The van der Waals surface area contributed by atoms with Gasteiger partial charge in [0.25, 0.3) is 0 Å². The van der Waals surface area contributed by atoms with Crippen molar-refractivity contribution in [2.45, 2.75) is 19.3 Å². The van der Waals surface area contributed by atoms with Crippen LogP contribution in [-0.2, 0) is 5.41 Å². The van der Waals surface area contributed by atoms with Gasteiger partial charge in [-0.25, -0.2) is 0 Å². The molecular weight excluding hydrogens is 470 g/mol. The van der Waals surface area contributed by atoms with Crippen LogP contribution in [-0.4, -0.2) is 4.98 Å². The number of fused-ring (bicyclic) bond motifs is 6. The van der Waals surface area contributed by atoms with E-state index in [1.165, 1.54) is 76.8 Å². The quantitative estimate of drug-likeness (QED) is 0.217. The molecule has 0 radical (unpaired) electrons. The topological polar surface area (TPSA) is 12.9 Å². The van der Waals surface area contributed by atoms with Gasteiger partial charge in [0.1, 0.15) is 0 Å². The molecule has 184 valence electrons. The lowest BCUT2D eigenvalue weighted by Gasteiger charge is -2.22. The van der Waals surface area contributed by atoms with E-state index in [-0.39, 0.29) is 5.41 Å². The fourth-order valence-electron chi connectivity index (χ4n) is 6.93. The zero-order valence-corrected chi connectivity index (χ0v) is 22.1. The van der Waals surface area contributed by atoms with E-state index in [9.17, 15) is 0 Å². The van der Waals surface area contributed by atoms with Gasteiger partial charge in [0.05, 0.1) is 0 Å². The molecule has 1 nitrogen and oxygen atoms in total. The molecule has 0 saturated heterocycles. The summed E-state index contributed by atoms with van der Waals surface area (Å²) in [5.74, 6) is 0. The molecule has 0 N–H and O–H groups in total. The molecule has 6 aromatic carbocycles. The normalized spacial score (nSPS) is 13.6. The zero-order chi connectivity index (χ0) is 26.1. The van der Waals surface area contributed by atoms with Crippen LogP contribution in [0.25, 0.3) is 65.7 Å². The Bertz CT molecular complexity index is 2040. The van der Waals surface area contributed by atoms with Crippen molar-refractivity contribution < 1.29 is 0 Å². The maximum Gasteiger partial charge on any atom is 0.0353 e. The first-order valence-corrected chi connectivity index (χ1v) is 13.6. The Hall–Kier alpha value is -4.75. The first kappa shape index (κ1) is 22.3. The van der Waals surface area contributed by atoms with Crippen LogP contribution in [0.3, 0.4) is 0 Å². The number of nitrogens with zero attached hydrogens (tertiary/aromatic N) is 1. The van der Waals surface area contributed by atoms with E-state index < -0.39 is 0 Å². The summed E-state index contributed by atoms with van der Waals surface area (Å²) >= 11 is 0. The molecule has 0 atom stereocenters. The van der Waals surface area contributed by atoms with E-state index >= 15 is 0 Å². The van der Waals surface area contributed by atoms with E-state index in [1.807, 2.05) is 6.20 Å². The van der Waals surface area contributed by atoms with Crippen molar-refractivity contribution in [1.29, 1.82) is 0 Å². The predicted molar refractivity (Wildman–Crippen MR) is 165 cm³/mol. The largest absolute Gasteiger partial charge is 0.264 e. The molecule has 0 fully saturated rings. The predicted octanol–water partition coefficient (Wildman–Crippen LogP) is 10.2. The Balaban J connectivity index is 1.52. The third-order valence-corrected chi connectivity index (χ3v) is 8.74. The van der Waals surface area contributed by atoms with E-state index in [2.05, 4.69) is 140 Å². The standard InChI is InChI=1S/C38H27N/c1-38(2)33-16-8-7-14-30(33)37-31(15-9-17-34(37)38)36-28-13-6-5-12-27(28)35(29-20-21-39-23-32(29)36)26-19-18-24-10-3-4-11-25(24)22-26/h3-23H,1-2H3. The van der Waals surface area contributed by atoms with Crippen molar-refractivity contribution in [3.8, 4) is 33.4 Å². The monoisotopic (exact) mass is 497 g/mol. The summed E-state index contributed by atoms with van der Waals surface area (Å²) in [7, 11) is 0. The van der Waals surface area contributed by atoms with E-state index in [4.69, 9.17) is 0 Å². The number of hydrogen-bond acceptors (Lipinski definition) is 1. The van der Waals surface area contributed by atoms with Crippen molar-refractivity contribution in [3.05, 3.63) is 139 Å². The lowest BCUT2D eigenvalue weighted by atomic mass is 9.81. The summed E-state index contributed by atoms with van der Waals surface area (Å²) in [5, 5.41) is 7.47. The second-order valence-corrected chi connectivity index (χ2v) is 11.2. The van der Waals surface area contributed by atoms with Crippen LogP contribution in [0.4, 0.5) is 0 Å². The molecule has 7 aromatic rings. The first-order valence-electron chi connectivity index (χ1n) is 13.6. The van der Waals surface area contributed by atoms with Crippen LogP contribution >= 0.6 is 0 Å². The molecule has 1 aliphatic carbocycles. The van der Waals surface area contributed by atoms with Gasteiger partial charge in [0, 0.05) is 23.2 Å². The number of rotatable bonds is 2. The smallest absolute Gasteiger partial charge is 0.0353 e. The molecule has 0 spiro atoms. The highest BCUT2D eigenvalue weighted by molar-refractivity contribution is 6.22. The molecule has 0 amide bonds. The Morgan fingerprint density at radius 1 is 0.487 bits per heavy atom. The Morgan fingerprint density at radius 2 is 1.15 bits per heavy atom. The minimum Gasteiger partial charge on any atom is -0.264 e. The fraction of sp³-hybridized carbons (Fsp3) is 0.0789. The molecule has 1 heterocycles. The van der Waals surface area contributed by atoms with Crippen molar-refractivity contribution in [2.24, 2.45) is 0 Å². The van der Waals surface area contributed by atoms with Gasteiger partial charge in [-0.1, -0.05) is 117 Å². The van der Waals surface area contributed by atoms with Gasteiger partial charge in [-0.05, 0) is 83.6 Å². The summed E-state index contributed by atoms with van der Waals surface area (Å²) in [6.45, 7) is 4.70. The molecule has 1 aliphatic rings. The van der Waals surface area contributed by atoms with E-state index in [0.717, 1.165) is 0 Å². The van der Waals surface area contributed by atoms with Crippen molar-refractivity contribution in [1.82, 2.24) is 4.98 Å². The van der Waals surface area contributed by atoms with Gasteiger partial charge in [0.2, 0.25) is 0 Å². The van der Waals surface area contributed by atoms with Gasteiger partial charge in [-0.15, -0.1) is 0 Å². The minimum absolute atomic E-state index is 0.0448. The van der Waals surface area contributed by atoms with E-state index in [1.54, 1.807) is 0 Å². The average molecular weight is 498 g/mol. The Labute approximate surface area is 228 Å². The summed E-state index contributed by atoms with van der Waals surface area (Å²) < 4.78 is 0. The number of hydrogen-bond donors (Lipinski definition) is 0. The van der Waals surface area contributed by atoms with Crippen LogP contribution in [0.15, 0.2) is 128 Å². The molecule has 39 heavy (non-hydrogen) atoms. The highest BCUT2D eigenvalue weighted by Gasteiger charge is 2.37. The number of benzene rings is 6. The third-order valence-electron chi connectivity index (χ3n) is 8.74. The summed E-state index contributed by atoms with van der Waals surface area (Å²) in [6.07, 6.45) is 3.99. The molecule has 1 aromatic heterocycles. The van der Waals surface area contributed by atoms with Crippen LogP contribution < -0.4 is 0 Å². The van der Waals surface area contributed by atoms with Crippen molar-refractivity contribution >= 4 is 32.3 Å². The lowest BCUT2D eigenvalue weighted by molar-refractivity contribution is 0.660. The highest BCUT2D eigenvalue weighted by atomic mass is 14.6. The van der Waals surface area contributed by atoms with Gasteiger partial charge in [0.15, 0.2) is 0 Å². The maximum atomic E-state index is 4.66. The number of aromatic nitrogens is 1. The molecular formula is C38H27N. The summed E-state index contributed by atoms with van der Waals surface area (Å²) in [5.41, 5.74) is 10.5. The second kappa shape index (κ2) is 8.12. The fourth-order valence-corrected chi connectivity index (χ4v) is 6.93. The van der Waals surface area contributed by atoms with Gasteiger partial charge in [-0.2, -0.15) is 0 Å². The van der Waals surface area contributed by atoms with Crippen molar-refractivity contribution in [3.63, 3.8) is 0 Å². The zero-order valence-electron chi connectivity index (χ0n) is 22.1. The summed E-state index contributed by atoms with van der Waals surface area (Å²) in [6, 6.07) is 42.3. The highest BCUT2D eigenvalue weighted by Crippen LogP contribution is 2.54. The van der Waals surface area contributed by atoms with Gasteiger partial charge in [-0.3, -0.25) is 4.98 Å². The van der Waals surface area contributed by atoms with Crippen LogP contribution in [0, 0.1) is 0 Å². The van der Waals surface area contributed by atoms with Crippen LogP contribution in [0.2, 0.25) is 0 Å². The van der Waals surface area contributed by atoms with Gasteiger partial charge < -0.3 is 0 Å². The molecule has 0 unspecified atom stereocenters. The SMILES string of the molecule is CC1(C)c2ccccc2-c2c(-c3c4ccccc4c(-c4ccc5ccccc5c4)c4ccncc34)cccc21. The van der Waals surface area contributed by atoms with E-state index in [0.29, 0.717) is 0 Å². The Morgan fingerprint density at radius 3 is 2.03 bits per heavy atom. The second-order valence-electron chi connectivity index (χ2n) is 11.2. The van der Waals surface area contributed by atoms with Crippen LogP contribution in [0.1, 0.15) is 25.0 Å². The van der Waals surface area contributed by atoms with Gasteiger partial charge >= 0.3 is 0 Å². The maximum absolute atomic E-state index is 4.66. The first-order chi connectivity index (χ1) is 19.1. The molecule has 8 rings (SSSR count).